The van der Waals surface area contributed by atoms with Gasteiger partial charge in [-0.25, -0.2) is 8.42 Å². The van der Waals surface area contributed by atoms with Crippen LogP contribution in [-0.2, 0) is 24.2 Å². The van der Waals surface area contributed by atoms with Gasteiger partial charge in [-0.2, -0.15) is 0 Å². The van der Waals surface area contributed by atoms with Crippen LogP contribution >= 0.6 is 11.6 Å². The van der Waals surface area contributed by atoms with Crippen molar-refractivity contribution in [2.45, 2.75) is 12.8 Å². The summed E-state index contributed by atoms with van der Waals surface area (Å²) in [6, 6.07) is 15.5. The van der Waals surface area contributed by atoms with Crippen molar-refractivity contribution in [1.82, 2.24) is 0 Å². The Morgan fingerprint density at radius 1 is 0.964 bits per heavy atom. The lowest BCUT2D eigenvalue weighted by Crippen LogP contribution is -2.20. The van der Waals surface area contributed by atoms with Gasteiger partial charge in [-0.05, 0) is 42.3 Å². The van der Waals surface area contributed by atoms with Gasteiger partial charge in [0.25, 0.3) is 0 Å². The van der Waals surface area contributed by atoms with Gasteiger partial charge >= 0.3 is 11.9 Å². The molecule has 0 saturated carbocycles. The SMILES string of the molecule is O=C(CCCOc1ccc(Cl)cc1)OC(=O)CS(=O)(=O)/C=C\c1ccccc1. The van der Waals surface area contributed by atoms with E-state index in [2.05, 4.69) is 4.74 Å². The molecule has 0 aromatic heterocycles. The average Bonchev–Trinajstić information content (AvgIpc) is 2.65. The summed E-state index contributed by atoms with van der Waals surface area (Å²) in [6.45, 7) is 0.239. The molecular formula is C20H19ClO6S. The van der Waals surface area contributed by atoms with E-state index >= 15 is 0 Å². The highest BCUT2D eigenvalue weighted by atomic mass is 35.5. The molecular weight excluding hydrogens is 404 g/mol. The van der Waals surface area contributed by atoms with Crippen molar-refractivity contribution in [3.63, 3.8) is 0 Å². The van der Waals surface area contributed by atoms with Crippen LogP contribution in [0.2, 0.25) is 5.02 Å². The normalized spacial score (nSPS) is 11.3. The second-order valence-corrected chi connectivity index (χ2v) is 8.10. The summed E-state index contributed by atoms with van der Waals surface area (Å²) in [5.74, 6) is -2.21. The Bertz CT molecular complexity index is 921. The van der Waals surface area contributed by atoms with Crippen molar-refractivity contribution in [2.24, 2.45) is 0 Å². The second-order valence-electron chi connectivity index (χ2n) is 5.77. The van der Waals surface area contributed by atoms with Crippen LogP contribution in [0.15, 0.2) is 60.0 Å². The lowest BCUT2D eigenvalue weighted by molar-refractivity contribution is -0.157. The summed E-state index contributed by atoms with van der Waals surface area (Å²) in [4.78, 5) is 23.3. The third kappa shape index (κ3) is 8.37. The van der Waals surface area contributed by atoms with Crippen LogP contribution < -0.4 is 4.74 Å². The maximum absolute atomic E-state index is 11.9. The van der Waals surface area contributed by atoms with Crippen molar-refractivity contribution in [3.8, 4) is 5.75 Å². The Kier molecular flexibility index (Phi) is 8.22. The van der Waals surface area contributed by atoms with Crippen molar-refractivity contribution >= 4 is 39.5 Å². The number of benzene rings is 2. The van der Waals surface area contributed by atoms with E-state index in [4.69, 9.17) is 16.3 Å². The van der Waals surface area contributed by atoms with Crippen molar-refractivity contribution in [2.75, 3.05) is 12.4 Å². The first-order valence-electron chi connectivity index (χ1n) is 8.42. The van der Waals surface area contributed by atoms with Gasteiger partial charge in [-0.3, -0.25) is 9.59 Å². The van der Waals surface area contributed by atoms with Gasteiger partial charge in [-0.1, -0.05) is 41.9 Å². The molecule has 0 saturated heterocycles. The summed E-state index contributed by atoms with van der Waals surface area (Å²) >= 11 is 5.76. The van der Waals surface area contributed by atoms with Crippen LogP contribution in [0.4, 0.5) is 0 Å². The Morgan fingerprint density at radius 3 is 2.32 bits per heavy atom. The number of hydrogen-bond donors (Lipinski definition) is 0. The van der Waals surface area contributed by atoms with Gasteiger partial charge in [0.2, 0.25) is 0 Å². The van der Waals surface area contributed by atoms with E-state index in [-0.39, 0.29) is 13.0 Å². The Labute approximate surface area is 168 Å². The van der Waals surface area contributed by atoms with E-state index in [0.717, 1.165) is 5.41 Å². The molecule has 0 atom stereocenters. The molecule has 0 fully saturated rings. The first kappa shape index (κ1) is 21.7. The molecule has 2 rings (SSSR count). The van der Waals surface area contributed by atoms with Crippen LogP contribution in [0.5, 0.6) is 5.75 Å². The second kappa shape index (κ2) is 10.6. The molecule has 6 nitrogen and oxygen atoms in total. The molecule has 0 bridgehead atoms. The van der Waals surface area contributed by atoms with Crippen LogP contribution in [-0.4, -0.2) is 32.7 Å². The molecule has 2 aromatic carbocycles. The third-order valence-corrected chi connectivity index (χ3v) is 4.86. The summed E-state index contributed by atoms with van der Waals surface area (Å²) in [5, 5.41) is 1.51. The highest BCUT2D eigenvalue weighted by Gasteiger charge is 2.18. The molecule has 0 unspecified atom stereocenters. The Balaban J connectivity index is 1.70. The van der Waals surface area contributed by atoms with Crippen molar-refractivity contribution < 1.29 is 27.5 Å². The number of carbonyl (C=O) groups excluding carboxylic acids is 2. The molecule has 0 heterocycles. The van der Waals surface area contributed by atoms with E-state index in [1.54, 1.807) is 54.6 Å². The van der Waals surface area contributed by atoms with Gasteiger partial charge in [0.15, 0.2) is 15.6 Å². The van der Waals surface area contributed by atoms with Crippen LogP contribution in [0.3, 0.4) is 0 Å². The van der Waals surface area contributed by atoms with Gasteiger partial charge in [0, 0.05) is 16.9 Å². The lowest BCUT2D eigenvalue weighted by atomic mass is 10.2. The molecule has 0 aliphatic rings. The van der Waals surface area contributed by atoms with E-state index in [1.165, 1.54) is 6.08 Å². The molecule has 0 radical (unpaired) electrons. The Hall–Kier alpha value is -2.64. The standard InChI is InChI=1S/C20H19ClO6S/c21-17-8-10-18(11-9-17)26-13-4-7-19(22)27-20(23)15-28(24,25)14-12-16-5-2-1-3-6-16/h1-3,5-6,8-12,14H,4,7,13,15H2/b14-12-. The highest BCUT2D eigenvalue weighted by molar-refractivity contribution is 7.95. The van der Waals surface area contributed by atoms with E-state index < -0.39 is 27.5 Å². The van der Waals surface area contributed by atoms with E-state index in [0.29, 0.717) is 22.8 Å². The zero-order valence-corrected chi connectivity index (χ0v) is 16.5. The highest BCUT2D eigenvalue weighted by Crippen LogP contribution is 2.15. The number of hydrogen-bond acceptors (Lipinski definition) is 6. The number of halogens is 1. The zero-order chi connectivity index (χ0) is 20.4. The third-order valence-electron chi connectivity index (χ3n) is 3.42. The van der Waals surface area contributed by atoms with Crippen LogP contribution in [0.25, 0.3) is 6.08 Å². The number of ether oxygens (including phenoxy) is 2. The molecule has 0 aliphatic carbocycles. The summed E-state index contributed by atoms with van der Waals surface area (Å²) in [5.41, 5.74) is 0.677. The van der Waals surface area contributed by atoms with Gasteiger partial charge < -0.3 is 9.47 Å². The maximum atomic E-state index is 11.9. The smallest absolute Gasteiger partial charge is 0.329 e. The molecule has 0 N–H and O–H groups in total. The molecule has 0 spiro atoms. The fraction of sp³-hybridized carbons (Fsp3) is 0.200. The largest absolute Gasteiger partial charge is 0.494 e. The Morgan fingerprint density at radius 2 is 1.64 bits per heavy atom. The van der Waals surface area contributed by atoms with E-state index in [1.807, 2.05) is 0 Å². The molecule has 0 amide bonds. The summed E-state index contributed by atoms with van der Waals surface area (Å²) < 4.78 is 33.8. The van der Waals surface area contributed by atoms with Crippen molar-refractivity contribution in [1.29, 1.82) is 0 Å². The quantitative estimate of drug-likeness (QED) is 0.348. The van der Waals surface area contributed by atoms with Crippen LogP contribution in [0, 0.1) is 0 Å². The summed E-state index contributed by atoms with van der Waals surface area (Å²) in [7, 11) is -3.83. The van der Waals surface area contributed by atoms with Crippen molar-refractivity contribution in [3.05, 3.63) is 70.6 Å². The molecule has 148 valence electrons. The first-order chi connectivity index (χ1) is 13.3. The fourth-order valence-electron chi connectivity index (χ4n) is 2.10. The fourth-order valence-corrected chi connectivity index (χ4v) is 3.08. The summed E-state index contributed by atoms with van der Waals surface area (Å²) in [6.07, 6.45) is 1.62. The minimum absolute atomic E-state index is 0.0702. The lowest BCUT2D eigenvalue weighted by Gasteiger charge is -2.06. The average molecular weight is 423 g/mol. The number of sulfone groups is 1. The van der Waals surface area contributed by atoms with Gasteiger partial charge in [-0.15, -0.1) is 0 Å². The number of esters is 2. The van der Waals surface area contributed by atoms with Gasteiger partial charge in [0.1, 0.15) is 5.75 Å². The topological polar surface area (TPSA) is 86.7 Å². The first-order valence-corrected chi connectivity index (χ1v) is 10.5. The monoisotopic (exact) mass is 422 g/mol. The number of carbonyl (C=O) groups is 2. The predicted molar refractivity (Wildman–Crippen MR) is 107 cm³/mol. The zero-order valence-electron chi connectivity index (χ0n) is 14.9. The van der Waals surface area contributed by atoms with Crippen LogP contribution in [0.1, 0.15) is 18.4 Å². The number of rotatable bonds is 9. The molecule has 8 heteroatoms. The van der Waals surface area contributed by atoms with E-state index in [9.17, 15) is 18.0 Å². The minimum atomic E-state index is -3.83. The molecule has 2 aromatic rings. The molecule has 28 heavy (non-hydrogen) atoms. The maximum Gasteiger partial charge on any atom is 0.329 e. The van der Waals surface area contributed by atoms with Gasteiger partial charge in [0.05, 0.1) is 6.61 Å². The predicted octanol–water partition coefficient (Wildman–Crippen LogP) is 3.65. The minimum Gasteiger partial charge on any atom is -0.494 e. The molecule has 0 aliphatic heterocycles.